The Labute approximate surface area is 208 Å². The Hall–Kier alpha value is -4.67. The van der Waals surface area contributed by atoms with E-state index in [-0.39, 0.29) is 5.91 Å². The summed E-state index contributed by atoms with van der Waals surface area (Å²) in [6.45, 7) is 4.52. The summed E-state index contributed by atoms with van der Waals surface area (Å²) in [5.41, 5.74) is 4.60. The van der Waals surface area contributed by atoms with E-state index in [9.17, 15) is 15.2 Å². The molecule has 5 heterocycles. The third kappa shape index (κ3) is 4.38. The lowest BCUT2D eigenvalue weighted by Crippen LogP contribution is -2.48. The van der Waals surface area contributed by atoms with E-state index < -0.39 is 6.10 Å². The second-order valence-electron chi connectivity index (χ2n) is 8.73. The van der Waals surface area contributed by atoms with Gasteiger partial charge >= 0.3 is 0 Å². The van der Waals surface area contributed by atoms with Gasteiger partial charge in [-0.25, -0.2) is 9.50 Å². The minimum Gasteiger partial charge on any atom is -0.391 e. The maximum atomic E-state index is 11.7. The monoisotopic (exact) mass is 480 g/mol. The Morgan fingerprint density at radius 2 is 1.92 bits per heavy atom. The van der Waals surface area contributed by atoms with Crippen molar-refractivity contribution in [2.75, 3.05) is 31.1 Å². The van der Waals surface area contributed by atoms with Crippen molar-refractivity contribution in [2.45, 2.75) is 19.6 Å². The molecule has 1 aliphatic rings. The molecule has 1 atom stereocenters. The van der Waals surface area contributed by atoms with Crippen LogP contribution in [0.5, 0.6) is 0 Å². The summed E-state index contributed by atoms with van der Waals surface area (Å²) >= 11 is 0. The van der Waals surface area contributed by atoms with Crippen molar-refractivity contribution >= 4 is 17.2 Å². The molecule has 1 amide bonds. The van der Waals surface area contributed by atoms with Crippen LogP contribution in [0.2, 0.25) is 0 Å². The number of nitrogens with zero attached hydrogens (tertiary/aromatic N) is 8. The van der Waals surface area contributed by atoms with Gasteiger partial charge in [-0.15, -0.1) is 6.42 Å². The van der Waals surface area contributed by atoms with Crippen LogP contribution in [0.15, 0.2) is 49.2 Å². The van der Waals surface area contributed by atoms with Crippen LogP contribution in [0.1, 0.15) is 12.5 Å². The zero-order valence-electron chi connectivity index (χ0n) is 19.7. The Balaban J connectivity index is 1.47. The quantitative estimate of drug-likeness (QED) is 0.433. The van der Waals surface area contributed by atoms with Crippen molar-refractivity contribution in [3.63, 3.8) is 0 Å². The largest absolute Gasteiger partial charge is 0.391 e. The molecule has 1 unspecified atom stereocenters. The smallest absolute Gasteiger partial charge is 0.298 e. The van der Waals surface area contributed by atoms with Crippen LogP contribution in [0.3, 0.4) is 0 Å². The Morgan fingerprint density at radius 3 is 2.58 bits per heavy atom. The van der Waals surface area contributed by atoms with Crippen molar-refractivity contribution in [1.29, 1.82) is 5.26 Å². The molecule has 1 saturated heterocycles. The second kappa shape index (κ2) is 9.53. The van der Waals surface area contributed by atoms with Crippen molar-refractivity contribution in [1.82, 2.24) is 29.3 Å². The molecule has 0 aliphatic carbocycles. The summed E-state index contributed by atoms with van der Waals surface area (Å²) in [5.74, 6) is 2.70. The summed E-state index contributed by atoms with van der Waals surface area (Å²) in [4.78, 5) is 20.2. The summed E-state index contributed by atoms with van der Waals surface area (Å²) in [7, 11) is 0. The molecule has 10 nitrogen and oxygen atoms in total. The highest BCUT2D eigenvalue weighted by Crippen LogP contribution is 2.32. The number of hydrogen-bond acceptors (Lipinski definition) is 7. The maximum Gasteiger partial charge on any atom is 0.298 e. The number of aliphatic hydroxyl groups excluding tert-OH is 1. The van der Waals surface area contributed by atoms with Crippen LogP contribution in [0.4, 0.5) is 5.82 Å². The lowest BCUT2D eigenvalue weighted by atomic mass is 10.0. The molecule has 0 bridgehead atoms. The maximum absolute atomic E-state index is 11.7. The third-order valence-corrected chi connectivity index (χ3v) is 6.22. The van der Waals surface area contributed by atoms with Gasteiger partial charge < -0.3 is 14.9 Å². The molecule has 180 valence electrons. The molecule has 1 aliphatic heterocycles. The average Bonchev–Trinajstić information content (AvgIpc) is 3.54. The Kier molecular flexibility index (Phi) is 6.11. The van der Waals surface area contributed by atoms with Crippen molar-refractivity contribution in [3.05, 3.63) is 54.7 Å². The number of terminal acetylenes is 1. The topological polar surface area (TPSA) is 116 Å². The normalized spacial score (nSPS) is 14.4. The number of fused-ring (bicyclic) bond motifs is 1. The first-order valence-electron chi connectivity index (χ1n) is 11.6. The number of pyridine rings is 2. The molecule has 0 aromatic carbocycles. The molecule has 4 aromatic rings. The van der Waals surface area contributed by atoms with E-state index in [1.54, 1.807) is 39.6 Å². The van der Waals surface area contributed by atoms with Gasteiger partial charge in [-0.05, 0) is 31.0 Å². The Bertz CT molecular complexity index is 1500. The zero-order valence-corrected chi connectivity index (χ0v) is 19.7. The highest BCUT2D eigenvalue weighted by atomic mass is 16.3. The molecule has 0 saturated carbocycles. The van der Waals surface area contributed by atoms with E-state index in [0.29, 0.717) is 43.8 Å². The van der Waals surface area contributed by atoms with Gasteiger partial charge in [0.1, 0.15) is 11.9 Å². The lowest BCUT2D eigenvalue weighted by Gasteiger charge is -2.34. The van der Waals surface area contributed by atoms with E-state index >= 15 is 0 Å². The number of rotatable bonds is 5. The first-order valence-corrected chi connectivity index (χ1v) is 11.6. The van der Waals surface area contributed by atoms with Crippen molar-refractivity contribution in [2.24, 2.45) is 0 Å². The van der Waals surface area contributed by atoms with Crippen LogP contribution in [-0.4, -0.2) is 72.6 Å². The van der Waals surface area contributed by atoms with E-state index in [2.05, 4.69) is 32.1 Å². The summed E-state index contributed by atoms with van der Waals surface area (Å²) < 4.78 is 3.39. The number of anilines is 1. The number of amides is 1. The van der Waals surface area contributed by atoms with Gasteiger partial charge in [0.25, 0.3) is 5.91 Å². The molecular weight excluding hydrogens is 456 g/mol. The first-order chi connectivity index (χ1) is 17.5. The lowest BCUT2D eigenvalue weighted by molar-refractivity contribution is -0.125. The summed E-state index contributed by atoms with van der Waals surface area (Å²) in [5, 5.41) is 28.1. The van der Waals surface area contributed by atoms with Gasteiger partial charge in [0.05, 0.1) is 36.1 Å². The fourth-order valence-electron chi connectivity index (χ4n) is 4.43. The van der Waals surface area contributed by atoms with Gasteiger partial charge in [-0.1, -0.05) is 0 Å². The highest BCUT2D eigenvalue weighted by molar-refractivity contribution is 5.93. The van der Waals surface area contributed by atoms with Crippen LogP contribution >= 0.6 is 0 Å². The number of nitriles is 1. The van der Waals surface area contributed by atoms with E-state index in [1.165, 1.54) is 0 Å². The second-order valence-corrected chi connectivity index (χ2v) is 8.73. The van der Waals surface area contributed by atoms with Gasteiger partial charge in [0.2, 0.25) is 0 Å². The highest BCUT2D eigenvalue weighted by Gasteiger charge is 2.21. The molecule has 36 heavy (non-hydrogen) atoms. The molecule has 1 fully saturated rings. The van der Waals surface area contributed by atoms with Crippen LogP contribution in [-0.2, 0) is 11.3 Å². The molecule has 5 rings (SSSR count). The summed E-state index contributed by atoms with van der Waals surface area (Å²) in [6, 6.07) is 8.15. The van der Waals surface area contributed by atoms with Crippen molar-refractivity contribution < 1.29 is 9.90 Å². The zero-order chi connectivity index (χ0) is 25.2. The molecule has 4 aromatic heterocycles. The number of carbonyl (C=O) groups excluding carboxylic acids is 1. The number of carbonyl (C=O) groups is 1. The molecule has 0 radical (unpaired) electrons. The minimum absolute atomic E-state index is 0.285. The van der Waals surface area contributed by atoms with Gasteiger partial charge in [0, 0.05) is 67.0 Å². The molecule has 1 N–H and O–H groups in total. The number of aromatic nitrogens is 5. The predicted octanol–water partition coefficient (Wildman–Crippen LogP) is 1.79. The molecular formula is C26H24N8O2. The number of hydrogen-bond donors (Lipinski definition) is 1. The number of piperazine rings is 1. The van der Waals surface area contributed by atoms with E-state index in [1.807, 2.05) is 30.6 Å². The third-order valence-electron chi connectivity index (χ3n) is 6.22. The first kappa shape index (κ1) is 23.1. The fourth-order valence-corrected chi connectivity index (χ4v) is 4.43. The standard InChI is InChI=1S/C26H24N8O2/c1-3-25(36)32-8-6-31(7-9-32)24-5-4-19(12-28-24)23-10-20(17-34-26(23)21(11-27)13-30-34)22-14-29-33(16-22)15-18(2)35/h1,4-5,10,12-14,16-18,35H,6-9,15H2,2H3. The summed E-state index contributed by atoms with van der Waals surface area (Å²) in [6.07, 6.45) is 13.5. The van der Waals surface area contributed by atoms with Crippen LogP contribution in [0.25, 0.3) is 27.8 Å². The van der Waals surface area contributed by atoms with Gasteiger partial charge in [-0.3, -0.25) is 9.48 Å². The van der Waals surface area contributed by atoms with Gasteiger partial charge in [-0.2, -0.15) is 15.5 Å². The number of aliphatic hydroxyl groups is 1. The van der Waals surface area contributed by atoms with E-state index in [0.717, 1.165) is 28.1 Å². The molecule has 0 spiro atoms. The van der Waals surface area contributed by atoms with Crippen LogP contribution in [0, 0.1) is 23.7 Å². The van der Waals surface area contributed by atoms with Crippen molar-refractivity contribution in [3.8, 4) is 40.7 Å². The SMILES string of the molecule is C#CC(=O)N1CCN(c2ccc(-c3cc(-c4cnn(CC(C)O)c4)cn4ncc(C#N)c34)cn2)CC1. The van der Waals surface area contributed by atoms with E-state index in [4.69, 9.17) is 6.42 Å². The minimum atomic E-state index is -0.509. The average molecular weight is 481 g/mol. The Morgan fingerprint density at radius 1 is 1.11 bits per heavy atom. The van der Waals surface area contributed by atoms with Crippen LogP contribution < -0.4 is 4.90 Å². The van der Waals surface area contributed by atoms with Gasteiger partial charge in [0.15, 0.2) is 0 Å². The predicted molar refractivity (Wildman–Crippen MR) is 134 cm³/mol. The fraction of sp³-hybridized carbons (Fsp3) is 0.269. The molecule has 10 heteroatoms.